The lowest BCUT2D eigenvalue weighted by Gasteiger charge is -2.28. The van der Waals surface area contributed by atoms with Crippen molar-refractivity contribution in [2.24, 2.45) is 17.4 Å². The number of nitrogens with one attached hydrogen (secondary N) is 3. The zero-order chi connectivity index (χ0) is 24.3. The number of rotatable bonds is 13. The summed E-state index contributed by atoms with van der Waals surface area (Å²) in [6.07, 6.45) is 4.20. The SMILES string of the molecule is CC(=O)[C@H](CCN)NC(=O)[C@@H](NC(=O)[C@H](CO)NC(=O)CC(N)C1CCCCC1)C(C)O. The van der Waals surface area contributed by atoms with Crippen LogP contribution in [0.3, 0.4) is 0 Å². The van der Waals surface area contributed by atoms with Gasteiger partial charge in [0.05, 0.1) is 18.8 Å². The fourth-order valence-corrected chi connectivity index (χ4v) is 3.85. The minimum Gasteiger partial charge on any atom is -0.394 e. The number of hydrogen-bond donors (Lipinski definition) is 7. The molecular formula is C21H39N5O6. The molecule has 0 bridgehead atoms. The van der Waals surface area contributed by atoms with Crippen LogP contribution in [0.1, 0.15) is 58.8 Å². The van der Waals surface area contributed by atoms with Crippen molar-refractivity contribution >= 4 is 23.5 Å². The Balaban J connectivity index is 2.69. The third-order valence-corrected chi connectivity index (χ3v) is 5.84. The van der Waals surface area contributed by atoms with Gasteiger partial charge in [0.2, 0.25) is 17.7 Å². The predicted molar refractivity (Wildman–Crippen MR) is 118 cm³/mol. The van der Waals surface area contributed by atoms with Crippen LogP contribution < -0.4 is 27.4 Å². The first-order valence-electron chi connectivity index (χ1n) is 11.3. The van der Waals surface area contributed by atoms with Gasteiger partial charge in [0, 0.05) is 12.5 Å². The van der Waals surface area contributed by atoms with Crippen molar-refractivity contribution < 1.29 is 29.4 Å². The molecule has 0 aromatic rings. The minimum atomic E-state index is -1.39. The highest BCUT2D eigenvalue weighted by molar-refractivity contribution is 5.94. The molecule has 3 amide bonds. The van der Waals surface area contributed by atoms with Crippen LogP contribution in [0.15, 0.2) is 0 Å². The molecule has 0 radical (unpaired) electrons. The number of aliphatic hydroxyl groups excluding tert-OH is 2. The summed E-state index contributed by atoms with van der Waals surface area (Å²) in [6, 6.07) is -3.89. The predicted octanol–water partition coefficient (Wildman–Crippen LogP) is -1.95. The van der Waals surface area contributed by atoms with Crippen molar-refractivity contribution in [1.82, 2.24) is 16.0 Å². The number of aliphatic hydroxyl groups is 2. The molecule has 184 valence electrons. The molecule has 11 heteroatoms. The van der Waals surface area contributed by atoms with Gasteiger partial charge < -0.3 is 37.6 Å². The van der Waals surface area contributed by atoms with E-state index >= 15 is 0 Å². The normalized spacial score (nSPS) is 19.2. The number of Topliss-reactive ketones (excluding diaryl/α,β-unsaturated/α-hetero) is 1. The van der Waals surface area contributed by atoms with Crippen LogP contribution in [0.5, 0.6) is 0 Å². The molecule has 0 aromatic heterocycles. The first-order chi connectivity index (χ1) is 15.1. The Kier molecular flexibility index (Phi) is 12.4. The van der Waals surface area contributed by atoms with E-state index in [2.05, 4.69) is 16.0 Å². The highest BCUT2D eigenvalue weighted by Crippen LogP contribution is 2.26. The summed E-state index contributed by atoms with van der Waals surface area (Å²) in [7, 11) is 0. The maximum absolute atomic E-state index is 12.6. The number of amides is 3. The molecule has 11 nitrogen and oxygen atoms in total. The van der Waals surface area contributed by atoms with Crippen molar-refractivity contribution in [3.8, 4) is 0 Å². The molecule has 1 aliphatic rings. The number of hydrogen-bond acceptors (Lipinski definition) is 8. The molecule has 0 spiro atoms. The summed E-state index contributed by atoms with van der Waals surface area (Å²) >= 11 is 0. The zero-order valence-corrected chi connectivity index (χ0v) is 19.0. The molecule has 32 heavy (non-hydrogen) atoms. The zero-order valence-electron chi connectivity index (χ0n) is 19.0. The van der Waals surface area contributed by atoms with Crippen LogP contribution >= 0.6 is 0 Å². The summed E-state index contributed by atoms with van der Waals surface area (Å²) in [5.74, 6) is -2.15. The summed E-state index contributed by atoms with van der Waals surface area (Å²) in [5.41, 5.74) is 11.6. The maximum atomic E-state index is 12.6. The second kappa shape index (κ2) is 14.1. The van der Waals surface area contributed by atoms with Crippen molar-refractivity contribution in [3.05, 3.63) is 0 Å². The van der Waals surface area contributed by atoms with Crippen LogP contribution in [0.2, 0.25) is 0 Å². The lowest BCUT2D eigenvalue weighted by atomic mass is 9.83. The molecule has 0 heterocycles. The fraction of sp³-hybridized carbons (Fsp3) is 0.810. The number of carbonyl (C=O) groups is 4. The van der Waals surface area contributed by atoms with Gasteiger partial charge in [0.15, 0.2) is 5.78 Å². The van der Waals surface area contributed by atoms with Crippen LogP contribution in [-0.4, -0.2) is 77.1 Å². The van der Waals surface area contributed by atoms with Crippen LogP contribution in [0, 0.1) is 5.92 Å². The lowest BCUT2D eigenvalue weighted by molar-refractivity contribution is -0.136. The Morgan fingerprint density at radius 1 is 1.00 bits per heavy atom. The fourth-order valence-electron chi connectivity index (χ4n) is 3.85. The molecule has 0 saturated heterocycles. The van der Waals surface area contributed by atoms with Gasteiger partial charge in [0.25, 0.3) is 0 Å². The molecular weight excluding hydrogens is 418 g/mol. The number of ketones is 1. The van der Waals surface area contributed by atoms with E-state index in [1.165, 1.54) is 20.3 Å². The second-order valence-corrected chi connectivity index (χ2v) is 8.54. The Labute approximate surface area is 189 Å². The lowest BCUT2D eigenvalue weighted by Crippen LogP contribution is -2.59. The Hall–Kier alpha value is -2.08. The highest BCUT2D eigenvalue weighted by Gasteiger charge is 2.32. The number of nitrogens with two attached hydrogens (primary N) is 2. The molecule has 1 fully saturated rings. The van der Waals surface area contributed by atoms with Gasteiger partial charge in [-0.15, -0.1) is 0 Å². The highest BCUT2D eigenvalue weighted by atomic mass is 16.3. The molecule has 1 saturated carbocycles. The third kappa shape index (κ3) is 9.19. The maximum Gasteiger partial charge on any atom is 0.245 e. The van der Waals surface area contributed by atoms with Gasteiger partial charge in [-0.3, -0.25) is 19.2 Å². The van der Waals surface area contributed by atoms with Gasteiger partial charge in [-0.05, 0) is 45.6 Å². The van der Waals surface area contributed by atoms with Crippen molar-refractivity contribution in [1.29, 1.82) is 0 Å². The first kappa shape index (κ1) is 28.0. The van der Waals surface area contributed by atoms with Crippen molar-refractivity contribution in [2.75, 3.05) is 13.2 Å². The summed E-state index contributed by atoms with van der Waals surface area (Å²) < 4.78 is 0. The van der Waals surface area contributed by atoms with Gasteiger partial charge in [-0.25, -0.2) is 0 Å². The average molecular weight is 458 g/mol. The van der Waals surface area contributed by atoms with Gasteiger partial charge in [-0.2, -0.15) is 0 Å². The molecule has 1 rings (SSSR count). The molecule has 0 aliphatic heterocycles. The van der Waals surface area contributed by atoms with E-state index in [9.17, 15) is 29.4 Å². The van der Waals surface area contributed by atoms with E-state index in [4.69, 9.17) is 11.5 Å². The minimum absolute atomic E-state index is 0.0220. The molecule has 9 N–H and O–H groups in total. The van der Waals surface area contributed by atoms with Gasteiger partial charge in [-0.1, -0.05) is 19.3 Å². The molecule has 1 aliphatic carbocycles. The topological polar surface area (TPSA) is 197 Å². The van der Waals surface area contributed by atoms with Gasteiger partial charge in [0.1, 0.15) is 12.1 Å². The quantitative estimate of drug-likeness (QED) is 0.165. The molecule has 0 aromatic carbocycles. The van der Waals surface area contributed by atoms with E-state index in [1.807, 2.05) is 0 Å². The summed E-state index contributed by atoms with van der Waals surface area (Å²) in [4.78, 5) is 49.1. The smallest absolute Gasteiger partial charge is 0.245 e. The third-order valence-electron chi connectivity index (χ3n) is 5.84. The van der Waals surface area contributed by atoms with Crippen molar-refractivity contribution in [2.45, 2.75) is 89.1 Å². The molecule has 5 atom stereocenters. The first-order valence-corrected chi connectivity index (χ1v) is 11.3. The van der Waals surface area contributed by atoms with E-state index in [-0.39, 0.29) is 37.1 Å². The Bertz CT molecular complexity index is 638. The van der Waals surface area contributed by atoms with E-state index in [1.54, 1.807) is 0 Å². The average Bonchev–Trinajstić information content (AvgIpc) is 2.75. The molecule has 2 unspecified atom stereocenters. The summed E-state index contributed by atoms with van der Waals surface area (Å²) in [6.45, 7) is 2.06. The monoisotopic (exact) mass is 457 g/mol. The van der Waals surface area contributed by atoms with E-state index in [0.717, 1.165) is 25.7 Å². The number of carbonyl (C=O) groups excluding carboxylic acids is 4. The van der Waals surface area contributed by atoms with Crippen LogP contribution in [-0.2, 0) is 19.2 Å². The van der Waals surface area contributed by atoms with Gasteiger partial charge >= 0.3 is 0 Å². The van der Waals surface area contributed by atoms with E-state index in [0.29, 0.717) is 0 Å². The second-order valence-electron chi connectivity index (χ2n) is 8.54. The van der Waals surface area contributed by atoms with Crippen LogP contribution in [0.25, 0.3) is 0 Å². The largest absolute Gasteiger partial charge is 0.394 e. The Morgan fingerprint density at radius 3 is 2.12 bits per heavy atom. The van der Waals surface area contributed by atoms with Crippen molar-refractivity contribution in [3.63, 3.8) is 0 Å². The van der Waals surface area contributed by atoms with E-state index < -0.39 is 48.6 Å². The Morgan fingerprint density at radius 2 is 1.62 bits per heavy atom. The summed E-state index contributed by atoms with van der Waals surface area (Å²) in [5, 5.41) is 26.8. The standard InChI is InChI=1S/C21H39N5O6/c1-12(28)16(8-9-22)25-21(32)19(13(2)29)26-20(31)17(11-27)24-18(30)10-15(23)14-6-4-3-5-7-14/h13-17,19,27,29H,3-11,22-23H2,1-2H3,(H,24,30)(H,25,32)(H,26,31)/t13?,15?,16-,17-,19-/m0/s1. The van der Waals surface area contributed by atoms with Crippen LogP contribution in [0.4, 0.5) is 0 Å².